The van der Waals surface area contributed by atoms with Crippen LogP contribution in [0.1, 0.15) is 11.8 Å². The Labute approximate surface area is 179 Å². The van der Waals surface area contributed by atoms with E-state index < -0.39 is 31.1 Å². The van der Waals surface area contributed by atoms with Gasteiger partial charge in [-0.05, 0) is 12.1 Å². The molecule has 1 saturated heterocycles. The van der Waals surface area contributed by atoms with Gasteiger partial charge in [-0.2, -0.15) is 5.10 Å². The predicted octanol–water partition coefficient (Wildman–Crippen LogP) is 0.773. The molecule has 0 aliphatic carbocycles. The van der Waals surface area contributed by atoms with Crippen molar-refractivity contribution in [2.75, 3.05) is 17.8 Å². The molecular weight excluding hydrogens is 437 g/mol. The molecule has 6 N–H and O–H groups in total. The average Bonchev–Trinajstić information content (AvgIpc) is 3.22. The summed E-state index contributed by atoms with van der Waals surface area (Å²) in [4.78, 5) is 12.4. The molecule has 1 aliphatic rings. The Hall–Kier alpha value is -2.54. The van der Waals surface area contributed by atoms with Crippen LogP contribution in [-0.4, -0.2) is 66.0 Å². The molecule has 30 heavy (non-hydrogen) atoms. The summed E-state index contributed by atoms with van der Waals surface area (Å²) in [6, 6.07) is 5.04. The number of rotatable bonds is 5. The van der Waals surface area contributed by atoms with Crippen molar-refractivity contribution in [1.29, 1.82) is 0 Å². The Morgan fingerprint density at radius 3 is 2.63 bits per heavy atom. The first kappa shape index (κ1) is 20.7. The molecule has 0 spiro atoms. The Morgan fingerprint density at radius 2 is 1.97 bits per heavy atom. The molecular formula is C17H17Cl2N7O4. The number of halogens is 2. The summed E-state index contributed by atoms with van der Waals surface area (Å²) in [5, 5.41) is 34.9. The van der Waals surface area contributed by atoms with Crippen molar-refractivity contribution in [2.45, 2.75) is 24.5 Å². The van der Waals surface area contributed by atoms with Gasteiger partial charge in [0, 0.05) is 5.56 Å². The summed E-state index contributed by atoms with van der Waals surface area (Å²) in [7, 11) is 0. The zero-order chi connectivity index (χ0) is 21.4. The fraction of sp³-hybridized carbons (Fsp3) is 0.294. The van der Waals surface area contributed by atoms with Crippen LogP contribution in [0.25, 0.3) is 11.2 Å². The number of aliphatic hydroxyl groups excluding tert-OH is 3. The molecule has 2 aromatic heterocycles. The van der Waals surface area contributed by atoms with Gasteiger partial charge in [0.25, 0.3) is 0 Å². The summed E-state index contributed by atoms with van der Waals surface area (Å²) in [6.45, 7) is -0.482. The third kappa shape index (κ3) is 3.55. The Bertz CT molecular complexity index is 1090. The fourth-order valence-electron chi connectivity index (χ4n) is 3.13. The van der Waals surface area contributed by atoms with Crippen LogP contribution in [0.3, 0.4) is 0 Å². The van der Waals surface area contributed by atoms with Crippen LogP contribution in [0, 0.1) is 0 Å². The molecule has 3 heterocycles. The Morgan fingerprint density at radius 1 is 1.23 bits per heavy atom. The molecule has 13 heteroatoms. The summed E-state index contributed by atoms with van der Waals surface area (Å²) in [6.07, 6.45) is -2.14. The van der Waals surface area contributed by atoms with Gasteiger partial charge in [0.15, 0.2) is 23.2 Å². The zero-order valence-electron chi connectivity index (χ0n) is 15.2. The van der Waals surface area contributed by atoms with Crippen molar-refractivity contribution in [2.24, 2.45) is 5.10 Å². The largest absolute Gasteiger partial charge is 0.394 e. The highest BCUT2D eigenvalue weighted by atomic mass is 35.5. The summed E-state index contributed by atoms with van der Waals surface area (Å²) < 4.78 is 6.99. The van der Waals surface area contributed by atoms with Gasteiger partial charge in [0.1, 0.15) is 24.6 Å². The number of nitrogens with one attached hydrogen (secondary N) is 1. The van der Waals surface area contributed by atoms with E-state index in [1.807, 2.05) is 0 Å². The number of imidazole rings is 1. The second-order valence-electron chi connectivity index (χ2n) is 6.47. The fourth-order valence-corrected chi connectivity index (χ4v) is 3.62. The predicted molar refractivity (Wildman–Crippen MR) is 110 cm³/mol. The van der Waals surface area contributed by atoms with Crippen LogP contribution in [-0.2, 0) is 4.74 Å². The number of hydrogen-bond acceptors (Lipinski definition) is 10. The van der Waals surface area contributed by atoms with Gasteiger partial charge < -0.3 is 25.8 Å². The molecule has 1 fully saturated rings. The summed E-state index contributed by atoms with van der Waals surface area (Å²) in [5.74, 6) is 0.207. The number of aliphatic hydroxyl groups is 3. The minimum Gasteiger partial charge on any atom is -0.394 e. The second-order valence-corrected chi connectivity index (χ2v) is 7.29. The maximum Gasteiger partial charge on any atom is 0.228 e. The highest BCUT2D eigenvalue weighted by Gasteiger charge is 2.45. The van der Waals surface area contributed by atoms with Gasteiger partial charge in [0.05, 0.1) is 22.9 Å². The van der Waals surface area contributed by atoms with Crippen LogP contribution in [0.5, 0.6) is 0 Å². The number of hydrogen-bond donors (Lipinski definition) is 5. The lowest BCUT2D eigenvalue weighted by atomic mass is 10.1. The number of nitrogens with two attached hydrogens (primary N) is 1. The molecule has 0 amide bonds. The van der Waals surface area contributed by atoms with E-state index in [9.17, 15) is 15.3 Å². The normalized spacial score (nSPS) is 24.2. The van der Waals surface area contributed by atoms with Crippen molar-refractivity contribution in [3.63, 3.8) is 0 Å². The maximum absolute atomic E-state index is 10.4. The number of aromatic nitrogens is 4. The Kier molecular flexibility index (Phi) is 5.73. The van der Waals surface area contributed by atoms with Crippen molar-refractivity contribution in [3.05, 3.63) is 40.1 Å². The average molecular weight is 454 g/mol. The van der Waals surface area contributed by atoms with Gasteiger partial charge in [-0.3, -0.25) is 4.57 Å². The van der Waals surface area contributed by atoms with Crippen LogP contribution >= 0.6 is 23.2 Å². The lowest BCUT2D eigenvalue weighted by Crippen LogP contribution is -2.33. The van der Waals surface area contributed by atoms with E-state index in [0.29, 0.717) is 15.6 Å². The number of anilines is 2. The van der Waals surface area contributed by atoms with Crippen LogP contribution < -0.4 is 11.2 Å². The topological polar surface area (TPSA) is 164 Å². The van der Waals surface area contributed by atoms with E-state index in [2.05, 4.69) is 25.5 Å². The summed E-state index contributed by atoms with van der Waals surface area (Å²) >= 11 is 12.3. The van der Waals surface area contributed by atoms with Crippen molar-refractivity contribution in [3.8, 4) is 0 Å². The number of hydrazone groups is 1. The molecule has 0 bridgehead atoms. The first-order chi connectivity index (χ1) is 14.4. The SMILES string of the molecule is Nc1ncnc2c1nc(NN=Cc1c(Cl)cccc1Cl)n2C1OC(CO)C(O)C1O. The standard InChI is InChI=1S/C17H17Cl2N7O4/c18-8-2-1-3-9(19)7(8)4-23-25-17-24-11-14(20)21-6-22-15(11)26(17)16-13(29)12(28)10(5-27)30-16/h1-4,6,10,12-13,16,27-29H,5H2,(H,24,25)(H2,20,21,22). The van der Waals surface area contributed by atoms with E-state index in [0.717, 1.165) is 0 Å². The van der Waals surface area contributed by atoms with E-state index in [1.54, 1.807) is 18.2 Å². The number of nitrogens with zero attached hydrogens (tertiary/aromatic N) is 5. The van der Waals surface area contributed by atoms with Gasteiger partial charge in [-0.15, -0.1) is 0 Å². The third-order valence-electron chi connectivity index (χ3n) is 4.63. The van der Waals surface area contributed by atoms with E-state index in [4.69, 9.17) is 33.7 Å². The number of nitrogen functional groups attached to an aromatic ring is 1. The smallest absolute Gasteiger partial charge is 0.228 e. The van der Waals surface area contributed by atoms with Gasteiger partial charge in [0.2, 0.25) is 5.95 Å². The number of benzene rings is 1. The first-order valence-corrected chi connectivity index (χ1v) is 9.52. The molecule has 4 unspecified atom stereocenters. The summed E-state index contributed by atoms with van der Waals surface area (Å²) in [5.41, 5.74) is 9.58. The van der Waals surface area contributed by atoms with E-state index >= 15 is 0 Å². The molecule has 11 nitrogen and oxygen atoms in total. The zero-order valence-corrected chi connectivity index (χ0v) is 16.7. The van der Waals surface area contributed by atoms with Crippen molar-refractivity contribution < 1.29 is 20.1 Å². The maximum atomic E-state index is 10.4. The second kappa shape index (κ2) is 8.30. The molecule has 4 atom stereocenters. The monoisotopic (exact) mass is 453 g/mol. The third-order valence-corrected chi connectivity index (χ3v) is 5.29. The first-order valence-electron chi connectivity index (χ1n) is 8.76. The number of fused-ring (bicyclic) bond motifs is 1. The minimum atomic E-state index is -1.36. The molecule has 158 valence electrons. The van der Waals surface area contributed by atoms with E-state index in [1.165, 1.54) is 17.1 Å². The quantitative estimate of drug-likeness (QED) is 0.277. The molecule has 4 rings (SSSR count). The van der Waals surface area contributed by atoms with Crippen molar-refractivity contribution >= 4 is 52.3 Å². The minimum absolute atomic E-state index is 0.103. The molecule has 3 aromatic rings. The lowest BCUT2D eigenvalue weighted by molar-refractivity contribution is -0.0501. The Balaban J connectivity index is 1.74. The van der Waals surface area contributed by atoms with Gasteiger partial charge >= 0.3 is 0 Å². The highest BCUT2D eigenvalue weighted by molar-refractivity contribution is 6.38. The van der Waals surface area contributed by atoms with Crippen molar-refractivity contribution in [1.82, 2.24) is 19.5 Å². The van der Waals surface area contributed by atoms with Crippen LogP contribution in [0.2, 0.25) is 10.0 Å². The highest BCUT2D eigenvalue weighted by Crippen LogP contribution is 2.35. The van der Waals surface area contributed by atoms with Gasteiger partial charge in [-0.25, -0.2) is 20.4 Å². The van der Waals surface area contributed by atoms with Gasteiger partial charge in [-0.1, -0.05) is 29.3 Å². The molecule has 1 aromatic carbocycles. The van der Waals surface area contributed by atoms with Crippen LogP contribution in [0.15, 0.2) is 29.6 Å². The van der Waals surface area contributed by atoms with E-state index in [-0.39, 0.29) is 22.9 Å². The molecule has 0 saturated carbocycles. The lowest BCUT2D eigenvalue weighted by Gasteiger charge is -2.18. The number of ether oxygens (including phenoxy) is 1. The van der Waals surface area contributed by atoms with Crippen LogP contribution in [0.4, 0.5) is 11.8 Å². The molecule has 1 aliphatic heterocycles. The molecule has 0 radical (unpaired) electrons.